The second kappa shape index (κ2) is 9.34. The van der Waals surface area contributed by atoms with Crippen LogP contribution in [0.25, 0.3) is 0 Å². The van der Waals surface area contributed by atoms with Crippen LogP contribution < -0.4 is 15.4 Å². The van der Waals surface area contributed by atoms with Crippen molar-refractivity contribution in [3.05, 3.63) is 83.4 Å². The maximum absolute atomic E-state index is 12.6. The summed E-state index contributed by atoms with van der Waals surface area (Å²) in [5, 5.41) is 5.76. The van der Waals surface area contributed by atoms with E-state index in [1.165, 1.54) is 11.8 Å². The monoisotopic (exact) mass is 452 g/mol. The molecule has 31 heavy (non-hydrogen) atoms. The van der Waals surface area contributed by atoms with E-state index in [4.69, 9.17) is 0 Å². The van der Waals surface area contributed by atoms with E-state index in [2.05, 4.69) is 15.4 Å². The van der Waals surface area contributed by atoms with E-state index in [1.54, 1.807) is 42.5 Å². The van der Waals surface area contributed by atoms with Crippen LogP contribution in [0, 0.1) is 0 Å². The van der Waals surface area contributed by atoms with Crippen molar-refractivity contribution < 1.29 is 18.4 Å². The fraction of sp³-hybridized carbons (Fsp3) is 0.0909. The minimum atomic E-state index is -2.36. The van der Waals surface area contributed by atoms with Gasteiger partial charge in [0.1, 0.15) is 0 Å². The average molecular weight is 453 g/mol. The van der Waals surface area contributed by atoms with Gasteiger partial charge in [0.15, 0.2) is 0 Å². The van der Waals surface area contributed by atoms with E-state index in [0.29, 0.717) is 35.5 Å². The zero-order valence-corrected chi connectivity index (χ0v) is 17.8. The van der Waals surface area contributed by atoms with Crippen molar-refractivity contribution in [1.82, 2.24) is 5.32 Å². The van der Waals surface area contributed by atoms with Crippen LogP contribution in [0.4, 0.5) is 11.4 Å². The number of hydrogen-bond donors (Lipinski definition) is 3. The van der Waals surface area contributed by atoms with Crippen molar-refractivity contribution in [3.8, 4) is 0 Å². The van der Waals surface area contributed by atoms with E-state index >= 15 is 0 Å². The van der Waals surface area contributed by atoms with Gasteiger partial charge in [0, 0.05) is 38.9 Å². The molecule has 9 heteroatoms. The fourth-order valence-electron chi connectivity index (χ4n) is 3.17. The van der Waals surface area contributed by atoms with Crippen molar-refractivity contribution in [1.29, 1.82) is 0 Å². The lowest BCUT2D eigenvalue weighted by Gasteiger charge is -2.11. The average Bonchev–Trinajstić information content (AvgIpc) is 2.89. The summed E-state index contributed by atoms with van der Waals surface area (Å²) in [6.07, 6.45) is 0.597. The molecule has 158 valence electrons. The second-order valence-corrected chi connectivity index (χ2v) is 8.56. The van der Waals surface area contributed by atoms with Crippen LogP contribution in [-0.4, -0.2) is 27.1 Å². The molecule has 0 saturated heterocycles. The summed E-state index contributed by atoms with van der Waals surface area (Å²) in [6.45, 7) is 0.419. The van der Waals surface area contributed by atoms with Crippen molar-refractivity contribution in [2.45, 2.75) is 16.2 Å². The summed E-state index contributed by atoms with van der Waals surface area (Å²) in [7, 11) is 0. The van der Waals surface area contributed by atoms with Crippen LogP contribution >= 0.6 is 11.8 Å². The number of nitrogens with one attached hydrogen (secondary N) is 3. The van der Waals surface area contributed by atoms with Crippen LogP contribution in [0.5, 0.6) is 0 Å². The standard InChI is InChI=1S/C22H19N3O4S2/c26-21(23-12-11-14-5-8-16(9-6-14)25-31(28)29)15-7-10-20-18(13-15)24-22(27)17-3-1-2-4-19(17)30-20/h1-10,13,25H,11-12H2,(H,23,26)(H,24,27)(H,28,29)/p-1. The van der Waals surface area contributed by atoms with Gasteiger partial charge in [-0.15, -0.1) is 0 Å². The normalized spacial score (nSPS) is 13.3. The van der Waals surface area contributed by atoms with E-state index in [-0.39, 0.29) is 11.8 Å². The lowest BCUT2D eigenvalue weighted by Crippen LogP contribution is -2.25. The predicted octanol–water partition coefficient (Wildman–Crippen LogP) is 3.58. The molecule has 0 aromatic heterocycles. The Bertz CT molecular complexity index is 1170. The predicted molar refractivity (Wildman–Crippen MR) is 120 cm³/mol. The summed E-state index contributed by atoms with van der Waals surface area (Å²) in [4.78, 5) is 26.8. The first-order chi connectivity index (χ1) is 15.0. The number of hydrogen-bond acceptors (Lipinski definition) is 5. The van der Waals surface area contributed by atoms with Gasteiger partial charge in [-0.3, -0.25) is 13.8 Å². The van der Waals surface area contributed by atoms with E-state index in [0.717, 1.165) is 15.4 Å². The highest BCUT2D eigenvalue weighted by molar-refractivity contribution is 7.99. The van der Waals surface area contributed by atoms with Crippen LogP contribution in [0.3, 0.4) is 0 Å². The molecule has 1 atom stereocenters. The Hall–Kier alpha value is -3.14. The third kappa shape index (κ3) is 5.13. The topological polar surface area (TPSA) is 110 Å². The van der Waals surface area contributed by atoms with Crippen LogP contribution in [0.15, 0.2) is 76.5 Å². The maximum atomic E-state index is 12.6. The smallest absolute Gasteiger partial charge is 0.256 e. The van der Waals surface area contributed by atoms with Crippen molar-refractivity contribution in [3.63, 3.8) is 0 Å². The highest BCUT2D eigenvalue weighted by Gasteiger charge is 2.20. The van der Waals surface area contributed by atoms with Gasteiger partial charge in [0.25, 0.3) is 11.8 Å². The molecule has 1 aliphatic heterocycles. The van der Waals surface area contributed by atoms with Gasteiger partial charge < -0.3 is 19.9 Å². The highest BCUT2D eigenvalue weighted by atomic mass is 32.2. The molecular weight excluding hydrogens is 434 g/mol. The largest absolute Gasteiger partial charge is 0.755 e. The van der Waals surface area contributed by atoms with E-state index in [9.17, 15) is 18.4 Å². The molecule has 1 aliphatic rings. The summed E-state index contributed by atoms with van der Waals surface area (Å²) < 4.78 is 23.6. The van der Waals surface area contributed by atoms with Gasteiger partial charge >= 0.3 is 0 Å². The molecule has 0 saturated carbocycles. The molecule has 0 bridgehead atoms. The summed E-state index contributed by atoms with van der Waals surface area (Å²) in [5.74, 6) is -0.429. The van der Waals surface area contributed by atoms with E-state index in [1.807, 2.05) is 24.3 Å². The van der Waals surface area contributed by atoms with Crippen molar-refractivity contribution in [2.24, 2.45) is 0 Å². The summed E-state index contributed by atoms with van der Waals surface area (Å²) >= 11 is -0.868. The van der Waals surface area contributed by atoms with Gasteiger partial charge in [0.05, 0.1) is 11.3 Å². The third-order valence-corrected chi connectivity index (χ3v) is 6.25. The van der Waals surface area contributed by atoms with Gasteiger partial charge in [-0.2, -0.15) is 0 Å². The molecule has 1 heterocycles. The minimum absolute atomic E-state index is 0.196. The van der Waals surface area contributed by atoms with Gasteiger partial charge in [-0.05, 0) is 54.4 Å². The molecule has 7 nitrogen and oxygen atoms in total. The molecule has 0 aliphatic carbocycles. The Kier molecular flexibility index (Phi) is 6.36. The second-order valence-electron chi connectivity index (χ2n) is 6.80. The molecule has 3 aromatic carbocycles. The molecule has 1 unspecified atom stereocenters. The quantitative estimate of drug-likeness (QED) is 0.495. The number of rotatable bonds is 6. The molecular formula is C22H18N3O4S2-. The first kappa shape index (κ1) is 21.1. The number of carbonyl (C=O) groups excluding carboxylic acids is 2. The van der Waals surface area contributed by atoms with Crippen molar-refractivity contribution >= 4 is 46.2 Å². The number of anilines is 2. The molecule has 4 rings (SSSR count). The Labute approximate surface area is 186 Å². The van der Waals surface area contributed by atoms with E-state index < -0.39 is 11.3 Å². The summed E-state index contributed by atoms with van der Waals surface area (Å²) in [5.41, 5.74) is 3.12. The van der Waals surface area contributed by atoms with Crippen molar-refractivity contribution in [2.75, 3.05) is 16.6 Å². The first-order valence-electron chi connectivity index (χ1n) is 9.45. The zero-order chi connectivity index (χ0) is 21.8. The van der Waals surface area contributed by atoms with Crippen LogP contribution in [0.2, 0.25) is 0 Å². The van der Waals surface area contributed by atoms with Gasteiger partial charge in [-0.1, -0.05) is 36.0 Å². The number of fused-ring (bicyclic) bond motifs is 2. The SMILES string of the molecule is O=C(NCCc1ccc(NS(=O)[O-])cc1)c1ccc2c(c1)NC(=O)c1ccccc1S2. The molecule has 3 aromatic rings. The molecule has 3 N–H and O–H groups in total. The summed E-state index contributed by atoms with van der Waals surface area (Å²) in [6, 6.07) is 19.6. The number of amides is 2. The molecule has 0 spiro atoms. The lowest BCUT2D eigenvalue weighted by molar-refractivity contribution is 0.0952. The third-order valence-electron chi connectivity index (χ3n) is 4.70. The zero-order valence-electron chi connectivity index (χ0n) is 16.2. The Morgan fingerprint density at radius 3 is 2.58 bits per heavy atom. The Morgan fingerprint density at radius 2 is 1.81 bits per heavy atom. The molecule has 0 radical (unpaired) electrons. The molecule has 2 amide bonds. The number of benzene rings is 3. The van der Waals surface area contributed by atoms with Crippen LogP contribution in [0.1, 0.15) is 26.3 Å². The van der Waals surface area contributed by atoms with Gasteiger partial charge in [-0.25, -0.2) is 0 Å². The molecule has 0 fully saturated rings. The Morgan fingerprint density at radius 1 is 1.03 bits per heavy atom. The first-order valence-corrected chi connectivity index (χ1v) is 11.3. The van der Waals surface area contributed by atoms with Crippen LogP contribution in [-0.2, 0) is 17.7 Å². The fourth-order valence-corrected chi connectivity index (χ4v) is 4.51. The van der Waals surface area contributed by atoms with Gasteiger partial charge in [0.2, 0.25) is 0 Å². The number of carbonyl (C=O) groups is 2. The minimum Gasteiger partial charge on any atom is -0.755 e. The maximum Gasteiger partial charge on any atom is 0.256 e. The lowest BCUT2D eigenvalue weighted by atomic mass is 10.1. The highest BCUT2D eigenvalue weighted by Crippen LogP contribution is 2.38. The Balaban J connectivity index is 1.38.